The van der Waals surface area contributed by atoms with E-state index in [-0.39, 0.29) is 16.7 Å². The minimum atomic E-state index is -0.356. The third-order valence-corrected chi connectivity index (χ3v) is 4.67. The van der Waals surface area contributed by atoms with E-state index in [9.17, 15) is 10.1 Å². The lowest BCUT2D eigenvalue weighted by molar-refractivity contribution is -0.384. The Kier molecular flexibility index (Phi) is 4.76. The fraction of sp³-hybridized carbons (Fsp3) is 0.625. The van der Waals surface area contributed by atoms with Gasteiger partial charge in [0, 0.05) is 18.2 Å². The fourth-order valence-corrected chi connectivity index (χ4v) is 3.22. The molecule has 110 valence electrons. The number of nitrogens with two attached hydrogens (primary N) is 1. The summed E-state index contributed by atoms with van der Waals surface area (Å²) in [6.45, 7) is 4.56. The van der Waals surface area contributed by atoms with E-state index in [1.165, 1.54) is 12.8 Å². The third kappa shape index (κ3) is 3.57. The number of non-ortho nitro benzene ring substituents is 1. The first kappa shape index (κ1) is 15.0. The number of nitro benzene ring substituents is 1. The van der Waals surface area contributed by atoms with E-state index in [1.54, 1.807) is 12.1 Å². The maximum absolute atomic E-state index is 10.7. The van der Waals surface area contributed by atoms with Gasteiger partial charge in [-0.3, -0.25) is 10.1 Å². The van der Waals surface area contributed by atoms with E-state index >= 15 is 0 Å². The molecule has 1 aromatic rings. The second kappa shape index (κ2) is 6.35. The van der Waals surface area contributed by atoms with E-state index in [0.717, 1.165) is 24.3 Å². The third-order valence-electron chi connectivity index (χ3n) is 4.67. The van der Waals surface area contributed by atoms with Crippen LogP contribution in [0, 0.1) is 27.9 Å². The van der Waals surface area contributed by atoms with Gasteiger partial charge < -0.3 is 5.73 Å². The monoisotopic (exact) mass is 276 g/mol. The SMILES string of the molecule is CC(C)C1CCC(N)C(Cc2ccc([N+](=O)[O-])cc2)C1. The van der Waals surface area contributed by atoms with Crippen molar-refractivity contribution in [1.82, 2.24) is 0 Å². The van der Waals surface area contributed by atoms with Gasteiger partial charge >= 0.3 is 0 Å². The second-order valence-electron chi connectivity index (χ2n) is 6.37. The fourth-order valence-electron chi connectivity index (χ4n) is 3.22. The van der Waals surface area contributed by atoms with Crippen LogP contribution >= 0.6 is 0 Å². The number of nitrogens with zero attached hydrogens (tertiary/aromatic N) is 1. The van der Waals surface area contributed by atoms with Crippen molar-refractivity contribution in [3.8, 4) is 0 Å². The maximum atomic E-state index is 10.7. The van der Waals surface area contributed by atoms with Gasteiger partial charge in [-0.2, -0.15) is 0 Å². The molecule has 0 heterocycles. The molecule has 0 spiro atoms. The Labute approximate surface area is 120 Å². The summed E-state index contributed by atoms with van der Waals surface area (Å²) in [6.07, 6.45) is 4.44. The Morgan fingerprint density at radius 2 is 1.95 bits per heavy atom. The van der Waals surface area contributed by atoms with Crippen LogP contribution in [0.5, 0.6) is 0 Å². The predicted octanol–water partition coefficient (Wildman–Crippen LogP) is 3.54. The first-order valence-electron chi connectivity index (χ1n) is 7.46. The van der Waals surface area contributed by atoms with Gasteiger partial charge in [-0.1, -0.05) is 26.0 Å². The van der Waals surface area contributed by atoms with Gasteiger partial charge in [0.1, 0.15) is 0 Å². The molecule has 3 unspecified atom stereocenters. The minimum absolute atomic E-state index is 0.154. The number of benzene rings is 1. The lowest BCUT2D eigenvalue weighted by Crippen LogP contribution is -2.38. The number of hydrogen-bond acceptors (Lipinski definition) is 3. The van der Waals surface area contributed by atoms with Crippen molar-refractivity contribution in [2.45, 2.75) is 45.6 Å². The average molecular weight is 276 g/mol. The molecule has 0 amide bonds. The standard InChI is InChI=1S/C16H24N2O2/c1-11(2)13-5-8-16(17)14(10-13)9-12-3-6-15(7-4-12)18(19)20/h3-4,6-7,11,13-14,16H,5,8-10,17H2,1-2H3. The van der Waals surface area contributed by atoms with Crippen LogP contribution in [0.15, 0.2) is 24.3 Å². The van der Waals surface area contributed by atoms with Crippen LogP contribution in [-0.4, -0.2) is 11.0 Å². The highest BCUT2D eigenvalue weighted by Crippen LogP contribution is 2.34. The van der Waals surface area contributed by atoms with E-state index < -0.39 is 0 Å². The van der Waals surface area contributed by atoms with Crippen molar-refractivity contribution in [3.63, 3.8) is 0 Å². The highest BCUT2D eigenvalue weighted by atomic mass is 16.6. The molecule has 1 aliphatic carbocycles. The molecular formula is C16H24N2O2. The number of hydrogen-bond donors (Lipinski definition) is 1. The van der Waals surface area contributed by atoms with Crippen LogP contribution in [0.25, 0.3) is 0 Å². The quantitative estimate of drug-likeness (QED) is 0.675. The topological polar surface area (TPSA) is 69.2 Å². The Morgan fingerprint density at radius 3 is 2.50 bits per heavy atom. The van der Waals surface area contributed by atoms with Gasteiger partial charge in [-0.05, 0) is 49.0 Å². The van der Waals surface area contributed by atoms with Gasteiger partial charge in [0.25, 0.3) is 5.69 Å². The molecule has 1 aliphatic rings. The van der Waals surface area contributed by atoms with Crippen molar-refractivity contribution < 1.29 is 4.92 Å². The lowest BCUT2D eigenvalue weighted by Gasteiger charge is -2.36. The molecule has 20 heavy (non-hydrogen) atoms. The van der Waals surface area contributed by atoms with Gasteiger partial charge in [0.05, 0.1) is 4.92 Å². The van der Waals surface area contributed by atoms with Gasteiger partial charge in [0.15, 0.2) is 0 Å². The summed E-state index contributed by atoms with van der Waals surface area (Å²) in [4.78, 5) is 10.3. The van der Waals surface area contributed by atoms with E-state index in [1.807, 2.05) is 12.1 Å². The van der Waals surface area contributed by atoms with Crippen molar-refractivity contribution in [1.29, 1.82) is 0 Å². The zero-order valence-corrected chi connectivity index (χ0v) is 12.3. The van der Waals surface area contributed by atoms with Crippen molar-refractivity contribution >= 4 is 5.69 Å². The minimum Gasteiger partial charge on any atom is -0.327 e. The summed E-state index contributed by atoms with van der Waals surface area (Å²) >= 11 is 0. The molecule has 1 aromatic carbocycles. The van der Waals surface area contributed by atoms with E-state index in [4.69, 9.17) is 5.73 Å². The molecule has 2 rings (SSSR count). The summed E-state index contributed by atoms with van der Waals surface area (Å²) in [7, 11) is 0. The van der Waals surface area contributed by atoms with Crippen LogP contribution in [0.1, 0.15) is 38.7 Å². The molecule has 4 nitrogen and oxygen atoms in total. The van der Waals surface area contributed by atoms with Crippen molar-refractivity contribution in [2.24, 2.45) is 23.5 Å². The largest absolute Gasteiger partial charge is 0.327 e. The normalized spacial score (nSPS) is 26.7. The molecule has 0 saturated heterocycles. The van der Waals surface area contributed by atoms with Gasteiger partial charge in [0.2, 0.25) is 0 Å². The molecule has 4 heteroatoms. The smallest absolute Gasteiger partial charge is 0.269 e. The molecule has 2 N–H and O–H groups in total. The Morgan fingerprint density at radius 1 is 1.30 bits per heavy atom. The highest BCUT2D eigenvalue weighted by Gasteiger charge is 2.29. The Hall–Kier alpha value is -1.42. The number of nitro groups is 1. The van der Waals surface area contributed by atoms with Crippen LogP contribution in [0.3, 0.4) is 0 Å². The van der Waals surface area contributed by atoms with Crippen molar-refractivity contribution in [2.75, 3.05) is 0 Å². The first-order valence-corrected chi connectivity index (χ1v) is 7.46. The Bertz CT molecular complexity index is 456. The molecule has 0 aliphatic heterocycles. The van der Waals surface area contributed by atoms with Crippen LogP contribution < -0.4 is 5.73 Å². The summed E-state index contributed by atoms with van der Waals surface area (Å²) in [5.74, 6) is 1.97. The zero-order chi connectivity index (χ0) is 14.7. The molecular weight excluding hydrogens is 252 g/mol. The van der Waals surface area contributed by atoms with Crippen LogP contribution in [-0.2, 0) is 6.42 Å². The van der Waals surface area contributed by atoms with Gasteiger partial charge in [-0.25, -0.2) is 0 Å². The maximum Gasteiger partial charge on any atom is 0.269 e. The molecule has 1 fully saturated rings. The summed E-state index contributed by atoms with van der Waals surface area (Å²) in [5, 5.41) is 10.7. The van der Waals surface area contributed by atoms with E-state index in [2.05, 4.69) is 13.8 Å². The summed E-state index contributed by atoms with van der Waals surface area (Å²) in [6, 6.07) is 7.17. The molecule has 0 radical (unpaired) electrons. The summed E-state index contributed by atoms with van der Waals surface area (Å²) < 4.78 is 0. The van der Waals surface area contributed by atoms with Crippen LogP contribution in [0.2, 0.25) is 0 Å². The van der Waals surface area contributed by atoms with Gasteiger partial charge in [-0.15, -0.1) is 0 Å². The molecule has 3 atom stereocenters. The second-order valence-corrected chi connectivity index (χ2v) is 6.37. The highest BCUT2D eigenvalue weighted by molar-refractivity contribution is 5.33. The molecule has 0 aromatic heterocycles. The predicted molar refractivity (Wildman–Crippen MR) is 80.4 cm³/mol. The first-order chi connectivity index (χ1) is 9.47. The molecule has 1 saturated carbocycles. The van der Waals surface area contributed by atoms with E-state index in [0.29, 0.717) is 11.8 Å². The van der Waals surface area contributed by atoms with Crippen LogP contribution in [0.4, 0.5) is 5.69 Å². The zero-order valence-electron chi connectivity index (χ0n) is 12.3. The summed E-state index contributed by atoms with van der Waals surface area (Å²) in [5.41, 5.74) is 7.57. The Balaban J connectivity index is 2.02. The van der Waals surface area contributed by atoms with Crippen molar-refractivity contribution in [3.05, 3.63) is 39.9 Å². The average Bonchev–Trinajstić information content (AvgIpc) is 2.41. The molecule has 0 bridgehead atoms. The lowest BCUT2D eigenvalue weighted by atomic mass is 9.72. The number of rotatable bonds is 4.